The Morgan fingerprint density at radius 1 is 1.29 bits per heavy atom. The number of thioether (sulfide) groups is 1. The van der Waals surface area contributed by atoms with E-state index in [0.29, 0.717) is 11.6 Å². The van der Waals surface area contributed by atoms with E-state index in [2.05, 4.69) is 15.8 Å². The topological polar surface area (TPSA) is 84.2 Å². The van der Waals surface area contributed by atoms with Crippen LogP contribution >= 0.6 is 11.8 Å². The SMILES string of the molecule is Cc1ccc(NC(=O)CSC(C)C(=O)Nc2cc(C)on2)c(F)c1. The molecule has 2 aromatic rings. The van der Waals surface area contributed by atoms with Crippen molar-refractivity contribution in [3.63, 3.8) is 0 Å². The Bertz CT molecular complexity index is 748. The fourth-order valence-corrected chi connectivity index (χ4v) is 2.52. The summed E-state index contributed by atoms with van der Waals surface area (Å²) in [6.45, 7) is 5.16. The number of hydrogen-bond donors (Lipinski definition) is 2. The normalized spacial score (nSPS) is 11.8. The van der Waals surface area contributed by atoms with Crippen LogP contribution in [0.5, 0.6) is 0 Å². The van der Waals surface area contributed by atoms with Crippen LogP contribution in [0.25, 0.3) is 0 Å². The highest BCUT2D eigenvalue weighted by atomic mass is 32.2. The van der Waals surface area contributed by atoms with Gasteiger partial charge in [-0.1, -0.05) is 11.2 Å². The van der Waals surface area contributed by atoms with E-state index in [1.807, 2.05) is 0 Å². The molecule has 8 heteroatoms. The van der Waals surface area contributed by atoms with E-state index in [4.69, 9.17) is 4.52 Å². The zero-order valence-corrected chi connectivity index (χ0v) is 14.4. The summed E-state index contributed by atoms with van der Waals surface area (Å²) in [6.07, 6.45) is 0. The Morgan fingerprint density at radius 3 is 2.67 bits per heavy atom. The van der Waals surface area contributed by atoms with E-state index in [1.54, 1.807) is 32.9 Å². The van der Waals surface area contributed by atoms with E-state index in [-0.39, 0.29) is 23.3 Å². The number of nitrogens with one attached hydrogen (secondary N) is 2. The van der Waals surface area contributed by atoms with Crippen LogP contribution in [0.1, 0.15) is 18.2 Å². The van der Waals surface area contributed by atoms with Gasteiger partial charge in [0, 0.05) is 6.07 Å². The average molecular weight is 351 g/mol. The summed E-state index contributed by atoms with van der Waals surface area (Å²) < 4.78 is 18.5. The Kier molecular flexibility index (Phi) is 5.97. The monoisotopic (exact) mass is 351 g/mol. The standard InChI is InChI=1S/C16H18FN3O3S/c1-9-4-5-13(12(17)6-9)18-15(21)8-24-11(3)16(22)19-14-7-10(2)23-20-14/h4-7,11H,8H2,1-3H3,(H,18,21)(H,19,20,22). The minimum absolute atomic E-state index is 0.0275. The van der Waals surface area contributed by atoms with E-state index >= 15 is 0 Å². The molecule has 0 fully saturated rings. The van der Waals surface area contributed by atoms with Gasteiger partial charge >= 0.3 is 0 Å². The number of benzene rings is 1. The van der Waals surface area contributed by atoms with Crippen LogP contribution in [0.4, 0.5) is 15.9 Å². The largest absolute Gasteiger partial charge is 0.360 e. The number of aromatic nitrogens is 1. The molecule has 6 nitrogen and oxygen atoms in total. The molecule has 0 bridgehead atoms. The van der Waals surface area contributed by atoms with Gasteiger partial charge in [-0.05, 0) is 38.5 Å². The molecule has 24 heavy (non-hydrogen) atoms. The molecule has 0 aliphatic heterocycles. The van der Waals surface area contributed by atoms with Gasteiger partial charge in [0.1, 0.15) is 11.6 Å². The third-order valence-corrected chi connectivity index (χ3v) is 4.25. The number of carbonyl (C=O) groups is 2. The van der Waals surface area contributed by atoms with Gasteiger partial charge in [-0.3, -0.25) is 9.59 Å². The highest BCUT2D eigenvalue weighted by molar-refractivity contribution is 8.01. The molecule has 1 unspecified atom stereocenters. The quantitative estimate of drug-likeness (QED) is 0.835. The zero-order chi connectivity index (χ0) is 17.7. The van der Waals surface area contributed by atoms with Crippen molar-refractivity contribution in [1.82, 2.24) is 5.16 Å². The second-order valence-electron chi connectivity index (χ2n) is 5.30. The predicted molar refractivity (Wildman–Crippen MR) is 91.6 cm³/mol. The lowest BCUT2D eigenvalue weighted by atomic mass is 10.2. The molecule has 1 atom stereocenters. The van der Waals surface area contributed by atoms with Crippen molar-refractivity contribution in [2.24, 2.45) is 0 Å². The lowest BCUT2D eigenvalue weighted by Gasteiger charge is -2.11. The predicted octanol–water partition coefficient (Wildman–Crippen LogP) is 3.13. The fraction of sp³-hybridized carbons (Fsp3) is 0.312. The van der Waals surface area contributed by atoms with Gasteiger partial charge in [-0.25, -0.2) is 4.39 Å². The molecule has 2 amide bonds. The van der Waals surface area contributed by atoms with E-state index in [0.717, 1.165) is 17.3 Å². The van der Waals surface area contributed by atoms with E-state index in [9.17, 15) is 14.0 Å². The van der Waals surface area contributed by atoms with Crippen molar-refractivity contribution >= 4 is 35.1 Å². The number of hydrogen-bond acceptors (Lipinski definition) is 5. The van der Waals surface area contributed by atoms with Crippen molar-refractivity contribution in [3.8, 4) is 0 Å². The number of anilines is 2. The maximum atomic E-state index is 13.7. The Labute approximate surface area is 143 Å². The third kappa shape index (κ3) is 5.09. The molecule has 1 heterocycles. The van der Waals surface area contributed by atoms with Crippen molar-refractivity contribution in [2.45, 2.75) is 26.0 Å². The minimum Gasteiger partial charge on any atom is -0.360 e. The zero-order valence-electron chi connectivity index (χ0n) is 13.6. The fourth-order valence-electron chi connectivity index (χ4n) is 1.84. The van der Waals surface area contributed by atoms with Crippen LogP contribution in [0.2, 0.25) is 0 Å². The molecule has 2 rings (SSSR count). The Hall–Kier alpha value is -2.35. The molecule has 0 aliphatic rings. The third-order valence-electron chi connectivity index (χ3n) is 3.11. The van der Waals surface area contributed by atoms with Gasteiger partial charge in [0.05, 0.1) is 16.7 Å². The van der Waals surface area contributed by atoms with Gasteiger partial charge in [-0.2, -0.15) is 0 Å². The van der Waals surface area contributed by atoms with Gasteiger partial charge in [0.25, 0.3) is 0 Å². The van der Waals surface area contributed by atoms with Crippen LogP contribution in [-0.4, -0.2) is 28.0 Å². The highest BCUT2D eigenvalue weighted by Crippen LogP contribution is 2.17. The molecule has 0 saturated heterocycles. The van der Waals surface area contributed by atoms with Gasteiger partial charge in [0.2, 0.25) is 11.8 Å². The highest BCUT2D eigenvalue weighted by Gasteiger charge is 2.17. The van der Waals surface area contributed by atoms with Gasteiger partial charge in [0.15, 0.2) is 5.82 Å². The van der Waals surface area contributed by atoms with Gasteiger partial charge in [-0.15, -0.1) is 11.8 Å². The average Bonchev–Trinajstić information content (AvgIpc) is 2.92. The van der Waals surface area contributed by atoms with Crippen LogP contribution in [0.15, 0.2) is 28.8 Å². The number of rotatable bonds is 6. The van der Waals surface area contributed by atoms with Crippen LogP contribution in [-0.2, 0) is 9.59 Å². The number of amides is 2. The maximum absolute atomic E-state index is 13.7. The Morgan fingerprint density at radius 2 is 2.04 bits per heavy atom. The number of carbonyl (C=O) groups excluding carboxylic acids is 2. The molecule has 1 aromatic carbocycles. The minimum atomic E-state index is -0.486. The van der Waals surface area contributed by atoms with Crippen molar-refractivity contribution < 1.29 is 18.5 Å². The smallest absolute Gasteiger partial charge is 0.238 e. The lowest BCUT2D eigenvalue weighted by molar-refractivity contribution is -0.115. The molecule has 128 valence electrons. The molecule has 0 radical (unpaired) electrons. The number of nitrogens with zero attached hydrogens (tertiary/aromatic N) is 1. The second-order valence-corrected chi connectivity index (χ2v) is 6.63. The first-order valence-corrected chi connectivity index (χ1v) is 8.32. The summed E-state index contributed by atoms with van der Waals surface area (Å²) in [5.74, 6) is -0.205. The Balaban J connectivity index is 1.81. The summed E-state index contributed by atoms with van der Waals surface area (Å²) in [5, 5.41) is 8.28. The first-order valence-electron chi connectivity index (χ1n) is 7.27. The summed E-state index contributed by atoms with van der Waals surface area (Å²) >= 11 is 1.14. The van der Waals surface area contributed by atoms with Crippen molar-refractivity contribution in [2.75, 3.05) is 16.4 Å². The molecule has 2 N–H and O–H groups in total. The van der Waals surface area contributed by atoms with Crippen LogP contribution in [0.3, 0.4) is 0 Å². The van der Waals surface area contributed by atoms with Crippen LogP contribution in [0, 0.1) is 19.7 Å². The molecular weight excluding hydrogens is 333 g/mol. The summed E-state index contributed by atoms with van der Waals surface area (Å²) in [7, 11) is 0. The number of halogens is 1. The molecule has 0 aliphatic carbocycles. The summed E-state index contributed by atoms with van der Waals surface area (Å²) in [4.78, 5) is 23.9. The first kappa shape index (κ1) is 18.0. The van der Waals surface area contributed by atoms with E-state index in [1.165, 1.54) is 12.1 Å². The first-order chi connectivity index (χ1) is 11.3. The lowest BCUT2D eigenvalue weighted by Crippen LogP contribution is -2.25. The number of aryl methyl sites for hydroxylation is 2. The molecule has 0 spiro atoms. The molecule has 1 aromatic heterocycles. The van der Waals surface area contributed by atoms with Gasteiger partial charge < -0.3 is 15.2 Å². The van der Waals surface area contributed by atoms with Crippen molar-refractivity contribution in [3.05, 3.63) is 41.4 Å². The summed E-state index contributed by atoms with van der Waals surface area (Å²) in [6, 6.07) is 6.17. The molecule has 0 saturated carbocycles. The maximum Gasteiger partial charge on any atom is 0.238 e. The van der Waals surface area contributed by atoms with Crippen molar-refractivity contribution in [1.29, 1.82) is 0 Å². The molecular formula is C16H18FN3O3S. The summed E-state index contributed by atoms with van der Waals surface area (Å²) in [5.41, 5.74) is 0.898. The van der Waals surface area contributed by atoms with Crippen LogP contribution < -0.4 is 10.6 Å². The second kappa shape index (κ2) is 7.96. The van der Waals surface area contributed by atoms with E-state index < -0.39 is 11.1 Å².